The molecule has 0 fully saturated rings. The largest absolute Gasteiger partial charge is 0.423 e. The van der Waals surface area contributed by atoms with E-state index in [1.54, 1.807) is 38.1 Å². The zero-order chi connectivity index (χ0) is 19.0. The molecule has 0 amide bonds. The summed E-state index contributed by atoms with van der Waals surface area (Å²) in [6.07, 6.45) is 0. The van der Waals surface area contributed by atoms with Crippen molar-refractivity contribution in [2.75, 3.05) is 0 Å². The van der Waals surface area contributed by atoms with Crippen LogP contribution in [-0.4, -0.2) is 21.1 Å². The van der Waals surface area contributed by atoms with Crippen LogP contribution in [0.4, 0.5) is 0 Å². The van der Waals surface area contributed by atoms with Gasteiger partial charge >= 0.3 is 5.97 Å². The van der Waals surface area contributed by atoms with E-state index in [0.29, 0.717) is 28.7 Å². The topological polar surface area (TPSA) is 78.1 Å². The maximum absolute atomic E-state index is 12.6. The summed E-state index contributed by atoms with van der Waals surface area (Å²) < 4.78 is 10.5. The van der Waals surface area contributed by atoms with E-state index < -0.39 is 5.97 Å². The molecule has 0 N–H and O–H groups in total. The van der Waals surface area contributed by atoms with Gasteiger partial charge in [0.15, 0.2) is 0 Å². The lowest BCUT2D eigenvalue weighted by Gasteiger charge is -2.09. The highest BCUT2D eigenvalue weighted by molar-refractivity contribution is 5.96. The third kappa shape index (κ3) is 3.42. The van der Waals surface area contributed by atoms with Crippen molar-refractivity contribution in [3.8, 4) is 17.1 Å². The van der Waals surface area contributed by atoms with E-state index in [1.807, 2.05) is 31.2 Å². The highest BCUT2D eigenvalue weighted by Gasteiger charge is 2.15. The van der Waals surface area contributed by atoms with E-state index in [4.69, 9.17) is 9.26 Å². The van der Waals surface area contributed by atoms with Crippen molar-refractivity contribution in [2.24, 2.45) is 0 Å². The van der Waals surface area contributed by atoms with Crippen molar-refractivity contribution >= 4 is 16.9 Å². The van der Waals surface area contributed by atoms with Crippen LogP contribution in [0.3, 0.4) is 0 Å². The SMILES string of the molecule is Cc1ccc2nc(C)c(C(=O)Oc3ccc(-c4noc(C)n4)cc3)cc2c1. The third-order valence-electron chi connectivity index (χ3n) is 4.23. The Morgan fingerprint density at radius 3 is 2.44 bits per heavy atom. The lowest BCUT2D eigenvalue weighted by atomic mass is 10.1. The minimum absolute atomic E-state index is 0.438. The predicted molar refractivity (Wildman–Crippen MR) is 101 cm³/mol. The van der Waals surface area contributed by atoms with Gasteiger partial charge in [-0.3, -0.25) is 4.98 Å². The molecule has 0 atom stereocenters. The predicted octanol–water partition coefficient (Wildman–Crippen LogP) is 4.43. The second-order valence-corrected chi connectivity index (χ2v) is 6.37. The quantitative estimate of drug-likeness (QED) is 0.398. The first-order valence-corrected chi connectivity index (χ1v) is 8.50. The number of benzene rings is 2. The monoisotopic (exact) mass is 359 g/mol. The van der Waals surface area contributed by atoms with Gasteiger partial charge in [-0.25, -0.2) is 4.79 Å². The summed E-state index contributed by atoms with van der Waals surface area (Å²) in [5.41, 5.74) is 3.83. The number of ether oxygens (including phenoxy) is 1. The molecule has 2 aromatic carbocycles. The van der Waals surface area contributed by atoms with Crippen molar-refractivity contribution in [1.29, 1.82) is 0 Å². The molecule has 0 aliphatic rings. The first-order chi connectivity index (χ1) is 13.0. The Balaban J connectivity index is 1.58. The standard InChI is InChI=1S/C21H17N3O3/c1-12-4-9-19-16(10-12)11-18(13(2)22-19)21(25)26-17-7-5-15(6-8-17)20-23-14(3)27-24-20/h4-11H,1-3H3. The zero-order valence-electron chi connectivity index (χ0n) is 15.2. The molecule has 2 aromatic heterocycles. The normalized spacial score (nSPS) is 10.9. The Morgan fingerprint density at radius 2 is 1.74 bits per heavy atom. The van der Waals surface area contributed by atoms with Gasteiger partial charge in [-0.15, -0.1) is 0 Å². The van der Waals surface area contributed by atoms with E-state index >= 15 is 0 Å². The van der Waals surface area contributed by atoms with Crippen molar-refractivity contribution in [3.63, 3.8) is 0 Å². The molecule has 6 nitrogen and oxygen atoms in total. The van der Waals surface area contributed by atoms with Crippen LogP contribution in [0.5, 0.6) is 5.75 Å². The number of carbonyl (C=O) groups excluding carboxylic acids is 1. The van der Waals surface area contributed by atoms with E-state index in [-0.39, 0.29) is 0 Å². The molecule has 0 bridgehead atoms. The lowest BCUT2D eigenvalue weighted by Crippen LogP contribution is -2.11. The van der Waals surface area contributed by atoms with E-state index in [1.165, 1.54) is 0 Å². The van der Waals surface area contributed by atoms with Crippen LogP contribution in [0.2, 0.25) is 0 Å². The molecular formula is C21H17N3O3. The van der Waals surface area contributed by atoms with Crippen molar-refractivity contribution in [1.82, 2.24) is 15.1 Å². The number of fused-ring (bicyclic) bond motifs is 1. The summed E-state index contributed by atoms with van der Waals surface area (Å²) in [4.78, 5) is 21.3. The van der Waals surface area contributed by atoms with Gasteiger partial charge < -0.3 is 9.26 Å². The number of esters is 1. The number of hydrogen-bond acceptors (Lipinski definition) is 6. The smallest absolute Gasteiger partial charge is 0.345 e. The molecule has 0 radical (unpaired) electrons. The molecule has 0 unspecified atom stereocenters. The average Bonchev–Trinajstić information content (AvgIpc) is 3.08. The Hall–Kier alpha value is -3.54. The van der Waals surface area contributed by atoms with Gasteiger partial charge in [0.1, 0.15) is 5.75 Å². The minimum Gasteiger partial charge on any atom is -0.423 e. The number of aromatic nitrogens is 3. The van der Waals surface area contributed by atoms with Crippen molar-refractivity contribution in [2.45, 2.75) is 20.8 Å². The molecule has 4 aromatic rings. The summed E-state index contributed by atoms with van der Waals surface area (Å²) in [5, 5.41) is 4.78. The van der Waals surface area contributed by atoms with E-state index in [0.717, 1.165) is 22.0 Å². The fourth-order valence-electron chi connectivity index (χ4n) is 2.85. The van der Waals surface area contributed by atoms with Gasteiger partial charge in [-0.1, -0.05) is 16.8 Å². The van der Waals surface area contributed by atoms with Crippen LogP contribution in [0.15, 0.2) is 53.1 Å². The Bertz CT molecular complexity index is 1150. The molecule has 4 rings (SSSR count). The molecule has 27 heavy (non-hydrogen) atoms. The lowest BCUT2D eigenvalue weighted by molar-refractivity contribution is 0.0733. The first-order valence-electron chi connectivity index (χ1n) is 8.50. The molecule has 0 spiro atoms. The van der Waals surface area contributed by atoms with Crippen LogP contribution in [-0.2, 0) is 0 Å². The second kappa shape index (κ2) is 6.64. The van der Waals surface area contributed by atoms with Crippen LogP contribution >= 0.6 is 0 Å². The van der Waals surface area contributed by atoms with Gasteiger partial charge in [-0.05, 0) is 56.3 Å². The van der Waals surface area contributed by atoms with Crippen molar-refractivity contribution < 1.29 is 14.1 Å². The zero-order valence-corrected chi connectivity index (χ0v) is 15.2. The Morgan fingerprint density at radius 1 is 0.963 bits per heavy atom. The van der Waals surface area contributed by atoms with Gasteiger partial charge in [0, 0.05) is 17.9 Å². The maximum Gasteiger partial charge on any atom is 0.345 e. The molecular weight excluding hydrogens is 342 g/mol. The first kappa shape index (κ1) is 16.9. The van der Waals surface area contributed by atoms with Crippen LogP contribution in [0.25, 0.3) is 22.3 Å². The highest BCUT2D eigenvalue weighted by atomic mass is 16.5. The minimum atomic E-state index is -0.438. The fourth-order valence-corrected chi connectivity index (χ4v) is 2.85. The molecule has 134 valence electrons. The van der Waals surface area contributed by atoms with Crippen LogP contribution < -0.4 is 4.74 Å². The molecule has 2 heterocycles. The number of carbonyl (C=O) groups is 1. The van der Waals surface area contributed by atoms with Crippen LogP contribution in [0.1, 0.15) is 27.5 Å². The van der Waals surface area contributed by atoms with Gasteiger partial charge in [0.2, 0.25) is 11.7 Å². The van der Waals surface area contributed by atoms with E-state index in [2.05, 4.69) is 15.1 Å². The van der Waals surface area contributed by atoms with Gasteiger partial charge in [-0.2, -0.15) is 4.98 Å². The van der Waals surface area contributed by atoms with E-state index in [9.17, 15) is 4.79 Å². The number of nitrogens with zero attached hydrogens (tertiary/aromatic N) is 3. The highest BCUT2D eigenvalue weighted by Crippen LogP contribution is 2.22. The average molecular weight is 359 g/mol. The van der Waals surface area contributed by atoms with Crippen LogP contribution in [0, 0.1) is 20.8 Å². The number of rotatable bonds is 3. The molecule has 0 aliphatic heterocycles. The maximum atomic E-state index is 12.6. The Kier molecular flexibility index (Phi) is 4.16. The summed E-state index contributed by atoms with van der Waals surface area (Å²) in [7, 11) is 0. The van der Waals surface area contributed by atoms with Crippen molar-refractivity contribution in [3.05, 3.63) is 71.2 Å². The number of pyridine rings is 1. The molecule has 0 saturated heterocycles. The fraction of sp³-hybridized carbons (Fsp3) is 0.143. The second-order valence-electron chi connectivity index (χ2n) is 6.37. The summed E-state index contributed by atoms with van der Waals surface area (Å²) in [6, 6.07) is 14.7. The van der Waals surface area contributed by atoms with Gasteiger partial charge in [0.05, 0.1) is 16.8 Å². The summed E-state index contributed by atoms with van der Waals surface area (Å²) in [5.74, 6) is 0.990. The summed E-state index contributed by atoms with van der Waals surface area (Å²) in [6.45, 7) is 5.54. The summed E-state index contributed by atoms with van der Waals surface area (Å²) >= 11 is 0. The number of hydrogen-bond donors (Lipinski definition) is 0. The Labute approximate surface area is 155 Å². The molecule has 6 heteroatoms. The van der Waals surface area contributed by atoms with Gasteiger partial charge in [0.25, 0.3) is 0 Å². The number of aryl methyl sites for hydroxylation is 3. The third-order valence-corrected chi connectivity index (χ3v) is 4.23. The molecule has 0 saturated carbocycles. The molecule has 0 aliphatic carbocycles.